The summed E-state index contributed by atoms with van der Waals surface area (Å²) in [7, 11) is 5.75. The van der Waals surface area contributed by atoms with Crippen LogP contribution in [0.3, 0.4) is 0 Å². The van der Waals surface area contributed by atoms with Crippen molar-refractivity contribution in [1.82, 2.24) is 20.4 Å². The van der Waals surface area contributed by atoms with Gasteiger partial charge in [-0.05, 0) is 68.2 Å². The number of aryl methyl sites for hydroxylation is 1. The standard InChI is InChI=1S/C26H39N5O.HI/c1-21-6-7-22(18-25(21)32-4)12-13-28-26(27-2)29-19-23-8-10-24(11-9-23)20-31-15-5-14-30(3)16-17-31;/h6-11,18H,5,12-17,19-20H2,1-4H3,(H2,27,28,29);1H. The molecule has 1 saturated heterocycles. The second kappa shape index (κ2) is 14.4. The molecule has 0 unspecified atom stereocenters. The van der Waals surface area contributed by atoms with Gasteiger partial charge in [0.15, 0.2) is 5.96 Å². The topological polar surface area (TPSA) is 52.1 Å². The first-order chi connectivity index (χ1) is 15.6. The molecule has 0 bridgehead atoms. The van der Waals surface area contributed by atoms with E-state index < -0.39 is 0 Å². The molecular formula is C26H40IN5O. The Morgan fingerprint density at radius 1 is 0.970 bits per heavy atom. The molecule has 0 spiro atoms. The molecule has 1 heterocycles. The van der Waals surface area contributed by atoms with Gasteiger partial charge in [0.25, 0.3) is 0 Å². The van der Waals surface area contributed by atoms with Crippen molar-refractivity contribution in [3.63, 3.8) is 0 Å². The number of halogens is 1. The summed E-state index contributed by atoms with van der Waals surface area (Å²) >= 11 is 0. The Morgan fingerprint density at radius 2 is 1.70 bits per heavy atom. The van der Waals surface area contributed by atoms with E-state index in [9.17, 15) is 0 Å². The fourth-order valence-electron chi connectivity index (χ4n) is 4.03. The smallest absolute Gasteiger partial charge is 0.191 e. The molecule has 1 aliphatic heterocycles. The fraction of sp³-hybridized carbons (Fsp3) is 0.500. The van der Waals surface area contributed by atoms with Crippen LogP contribution in [0.15, 0.2) is 47.5 Å². The maximum Gasteiger partial charge on any atom is 0.191 e. The van der Waals surface area contributed by atoms with Crippen molar-refractivity contribution in [2.75, 3.05) is 53.9 Å². The average molecular weight is 566 g/mol. The van der Waals surface area contributed by atoms with Gasteiger partial charge >= 0.3 is 0 Å². The molecule has 0 aliphatic carbocycles. The van der Waals surface area contributed by atoms with Crippen molar-refractivity contribution in [3.05, 3.63) is 64.7 Å². The molecular weight excluding hydrogens is 525 g/mol. The lowest BCUT2D eigenvalue weighted by Crippen LogP contribution is -2.37. The molecule has 2 N–H and O–H groups in total. The van der Waals surface area contributed by atoms with Gasteiger partial charge in [0.2, 0.25) is 0 Å². The number of likely N-dealkylation sites (N-methyl/N-ethyl adjacent to an activating group) is 1. The van der Waals surface area contributed by atoms with Crippen LogP contribution >= 0.6 is 24.0 Å². The van der Waals surface area contributed by atoms with Gasteiger partial charge < -0.3 is 20.3 Å². The van der Waals surface area contributed by atoms with Crippen molar-refractivity contribution in [2.24, 2.45) is 4.99 Å². The third-order valence-corrected chi connectivity index (χ3v) is 6.10. The Labute approximate surface area is 216 Å². The minimum Gasteiger partial charge on any atom is -0.496 e. The van der Waals surface area contributed by atoms with E-state index in [1.54, 1.807) is 7.11 Å². The second-order valence-electron chi connectivity index (χ2n) is 8.66. The molecule has 1 fully saturated rings. The molecule has 0 radical (unpaired) electrons. The molecule has 0 saturated carbocycles. The minimum absolute atomic E-state index is 0. The van der Waals surface area contributed by atoms with Crippen molar-refractivity contribution < 1.29 is 4.74 Å². The summed E-state index contributed by atoms with van der Waals surface area (Å²) in [6.45, 7) is 9.37. The first kappa shape index (κ1) is 27.4. The highest BCUT2D eigenvalue weighted by atomic mass is 127. The van der Waals surface area contributed by atoms with Gasteiger partial charge in [-0.25, -0.2) is 0 Å². The van der Waals surface area contributed by atoms with Gasteiger partial charge in [-0.3, -0.25) is 9.89 Å². The zero-order valence-electron chi connectivity index (χ0n) is 20.6. The summed E-state index contributed by atoms with van der Waals surface area (Å²) in [6.07, 6.45) is 2.17. The number of aliphatic imine (C=N–C) groups is 1. The highest BCUT2D eigenvalue weighted by Gasteiger charge is 2.12. The largest absolute Gasteiger partial charge is 0.496 e. The van der Waals surface area contributed by atoms with E-state index in [0.29, 0.717) is 0 Å². The lowest BCUT2D eigenvalue weighted by Gasteiger charge is -2.20. The number of methoxy groups -OCH3 is 1. The summed E-state index contributed by atoms with van der Waals surface area (Å²) in [5.41, 5.74) is 5.05. The fourth-order valence-corrected chi connectivity index (χ4v) is 4.03. The molecule has 1 aliphatic rings. The Kier molecular flexibility index (Phi) is 12.0. The van der Waals surface area contributed by atoms with Crippen LogP contribution in [0.1, 0.15) is 28.7 Å². The number of hydrogen-bond donors (Lipinski definition) is 2. The summed E-state index contributed by atoms with van der Waals surface area (Å²) in [5, 5.41) is 6.82. The SMILES string of the molecule is CN=C(NCCc1ccc(C)c(OC)c1)NCc1ccc(CN2CCCN(C)CC2)cc1.I. The highest BCUT2D eigenvalue weighted by Crippen LogP contribution is 2.19. The summed E-state index contributed by atoms with van der Waals surface area (Å²) < 4.78 is 5.42. The third-order valence-electron chi connectivity index (χ3n) is 6.10. The number of nitrogens with one attached hydrogen (secondary N) is 2. The van der Waals surface area contributed by atoms with Crippen molar-refractivity contribution >= 4 is 29.9 Å². The Hall–Kier alpha value is -1.84. The van der Waals surface area contributed by atoms with E-state index >= 15 is 0 Å². The van der Waals surface area contributed by atoms with E-state index in [-0.39, 0.29) is 24.0 Å². The minimum atomic E-state index is 0. The Morgan fingerprint density at radius 3 is 2.42 bits per heavy atom. The lowest BCUT2D eigenvalue weighted by atomic mass is 10.1. The van der Waals surface area contributed by atoms with Gasteiger partial charge in [0.1, 0.15) is 5.75 Å². The van der Waals surface area contributed by atoms with Crippen LogP contribution in [0.25, 0.3) is 0 Å². The number of rotatable bonds is 8. The molecule has 2 aromatic carbocycles. The van der Waals surface area contributed by atoms with Gasteiger partial charge in [-0.1, -0.05) is 36.4 Å². The first-order valence-electron chi connectivity index (χ1n) is 11.6. The van der Waals surface area contributed by atoms with E-state index in [1.807, 2.05) is 7.05 Å². The highest BCUT2D eigenvalue weighted by molar-refractivity contribution is 14.0. The van der Waals surface area contributed by atoms with Gasteiger partial charge in [0, 0.05) is 39.8 Å². The zero-order chi connectivity index (χ0) is 22.8. The van der Waals surface area contributed by atoms with Gasteiger partial charge in [-0.2, -0.15) is 0 Å². The Balaban J connectivity index is 0.00000385. The summed E-state index contributed by atoms with van der Waals surface area (Å²) in [4.78, 5) is 9.34. The van der Waals surface area contributed by atoms with Crippen LogP contribution in [0.2, 0.25) is 0 Å². The van der Waals surface area contributed by atoms with Crippen molar-refractivity contribution in [2.45, 2.75) is 32.9 Å². The van der Waals surface area contributed by atoms with Crippen LogP contribution in [-0.2, 0) is 19.5 Å². The van der Waals surface area contributed by atoms with E-state index in [1.165, 1.54) is 36.2 Å². The van der Waals surface area contributed by atoms with Crippen LogP contribution in [-0.4, -0.2) is 69.7 Å². The quantitative estimate of drug-likeness (QED) is 0.291. The molecule has 2 aromatic rings. The van der Waals surface area contributed by atoms with Gasteiger partial charge in [-0.15, -0.1) is 24.0 Å². The van der Waals surface area contributed by atoms with Crippen LogP contribution in [0, 0.1) is 6.92 Å². The molecule has 0 aromatic heterocycles. The molecule has 6 nitrogen and oxygen atoms in total. The number of ether oxygens (including phenoxy) is 1. The maximum atomic E-state index is 5.42. The molecule has 33 heavy (non-hydrogen) atoms. The molecule has 0 atom stereocenters. The summed E-state index contributed by atoms with van der Waals surface area (Å²) in [5.74, 6) is 1.76. The van der Waals surface area contributed by atoms with Crippen molar-refractivity contribution in [3.8, 4) is 5.75 Å². The monoisotopic (exact) mass is 565 g/mol. The van der Waals surface area contributed by atoms with Crippen LogP contribution < -0.4 is 15.4 Å². The van der Waals surface area contributed by atoms with Gasteiger partial charge in [0.05, 0.1) is 7.11 Å². The average Bonchev–Trinajstić information content (AvgIpc) is 3.02. The molecule has 3 rings (SSSR count). The van der Waals surface area contributed by atoms with E-state index in [4.69, 9.17) is 4.74 Å². The van der Waals surface area contributed by atoms with Crippen molar-refractivity contribution in [1.29, 1.82) is 0 Å². The zero-order valence-corrected chi connectivity index (χ0v) is 22.9. The lowest BCUT2D eigenvalue weighted by molar-refractivity contribution is 0.269. The Bertz CT molecular complexity index is 871. The molecule has 182 valence electrons. The normalized spacial score (nSPS) is 15.5. The molecule has 7 heteroatoms. The van der Waals surface area contributed by atoms with E-state index in [0.717, 1.165) is 56.4 Å². The first-order valence-corrected chi connectivity index (χ1v) is 11.6. The van der Waals surface area contributed by atoms with E-state index in [2.05, 4.69) is 81.9 Å². The predicted octanol–water partition coefficient (Wildman–Crippen LogP) is 3.67. The van der Waals surface area contributed by atoms with Crippen LogP contribution in [0.5, 0.6) is 5.75 Å². The number of benzene rings is 2. The second-order valence-corrected chi connectivity index (χ2v) is 8.66. The molecule has 0 amide bonds. The summed E-state index contributed by atoms with van der Waals surface area (Å²) in [6, 6.07) is 15.3. The number of guanidine groups is 1. The number of hydrogen-bond acceptors (Lipinski definition) is 4. The number of nitrogens with zero attached hydrogens (tertiary/aromatic N) is 3. The maximum absolute atomic E-state index is 5.42. The third kappa shape index (κ3) is 9.14. The van der Waals surface area contributed by atoms with Crippen LogP contribution in [0.4, 0.5) is 0 Å². The predicted molar refractivity (Wildman–Crippen MR) is 149 cm³/mol.